The van der Waals surface area contributed by atoms with Crippen LogP contribution in [0.3, 0.4) is 0 Å². The average Bonchev–Trinajstić information content (AvgIpc) is 2.33. The summed E-state index contributed by atoms with van der Waals surface area (Å²) in [5.74, 6) is 1.84. The fraction of sp³-hybridized carbons (Fsp3) is 0.571. The molecule has 2 heteroatoms. The van der Waals surface area contributed by atoms with Crippen molar-refractivity contribution >= 4 is 5.69 Å². The predicted molar refractivity (Wildman–Crippen MR) is 68.0 cm³/mol. The topological polar surface area (TPSA) is 21.3 Å². The van der Waals surface area contributed by atoms with Crippen LogP contribution in [0.25, 0.3) is 0 Å². The third kappa shape index (κ3) is 2.69. The second kappa shape index (κ2) is 5.24. The summed E-state index contributed by atoms with van der Waals surface area (Å²) in [5, 5.41) is 3.60. The Morgan fingerprint density at radius 2 is 1.81 bits per heavy atom. The molecule has 0 spiro atoms. The van der Waals surface area contributed by atoms with Crippen LogP contribution in [0.4, 0.5) is 5.69 Å². The first-order valence-electron chi connectivity index (χ1n) is 6.19. The normalized spacial score (nSPS) is 25.1. The second-order valence-electron chi connectivity index (χ2n) is 4.80. The standard InChI is InChI=1S/C14H21NO/c1-11-7-9-12(10-8-11)15-13-5-3-4-6-14(13)16-2/h3-6,11-12,15H,7-10H2,1-2H3. The highest BCUT2D eigenvalue weighted by molar-refractivity contribution is 5.56. The first kappa shape index (κ1) is 11.3. The van der Waals surface area contributed by atoms with Gasteiger partial charge in [0.1, 0.15) is 5.75 Å². The number of para-hydroxylation sites is 2. The third-order valence-electron chi connectivity index (χ3n) is 3.48. The minimum absolute atomic E-state index is 0.618. The largest absolute Gasteiger partial charge is 0.495 e. The van der Waals surface area contributed by atoms with Crippen molar-refractivity contribution in [3.63, 3.8) is 0 Å². The van der Waals surface area contributed by atoms with Crippen molar-refractivity contribution in [1.29, 1.82) is 0 Å². The maximum absolute atomic E-state index is 5.35. The maximum Gasteiger partial charge on any atom is 0.141 e. The Balaban J connectivity index is 1.98. The minimum Gasteiger partial charge on any atom is -0.495 e. The summed E-state index contributed by atoms with van der Waals surface area (Å²) in [6.07, 6.45) is 5.23. The molecule has 0 aromatic heterocycles. The van der Waals surface area contributed by atoms with Gasteiger partial charge >= 0.3 is 0 Å². The van der Waals surface area contributed by atoms with E-state index in [-0.39, 0.29) is 0 Å². The van der Waals surface area contributed by atoms with E-state index in [1.165, 1.54) is 25.7 Å². The highest BCUT2D eigenvalue weighted by atomic mass is 16.5. The monoisotopic (exact) mass is 219 g/mol. The molecule has 0 radical (unpaired) electrons. The van der Waals surface area contributed by atoms with Crippen molar-refractivity contribution in [2.45, 2.75) is 38.6 Å². The van der Waals surface area contributed by atoms with Gasteiger partial charge in [0.25, 0.3) is 0 Å². The lowest BCUT2D eigenvalue weighted by atomic mass is 9.87. The molecule has 1 aromatic rings. The molecule has 2 rings (SSSR count). The Kier molecular flexibility index (Phi) is 3.70. The van der Waals surface area contributed by atoms with E-state index < -0.39 is 0 Å². The number of ether oxygens (including phenoxy) is 1. The zero-order valence-corrected chi connectivity index (χ0v) is 10.2. The molecule has 1 saturated carbocycles. The second-order valence-corrected chi connectivity index (χ2v) is 4.80. The molecule has 0 amide bonds. The molecular weight excluding hydrogens is 198 g/mol. The van der Waals surface area contributed by atoms with Gasteiger partial charge < -0.3 is 10.1 Å². The molecule has 88 valence electrons. The van der Waals surface area contributed by atoms with Gasteiger partial charge in [-0.15, -0.1) is 0 Å². The van der Waals surface area contributed by atoms with Crippen LogP contribution in [-0.4, -0.2) is 13.2 Å². The Labute approximate surface area is 98.0 Å². The lowest BCUT2D eigenvalue weighted by Gasteiger charge is -2.28. The molecule has 0 saturated heterocycles. The maximum atomic E-state index is 5.35. The minimum atomic E-state index is 0.618. The summed E-state index contributed by atoms with van der Waals surface area (Å²) < 4.78 is 5.35. The van der Waals surface area contributed by atoms with Gasteiger partial charge in [0.2, 0.25) is 0 Å². The van der Waals surface area contributed by atoms with Crippen molar-refractivity contribution in [1.82, 2.24) is 0 Å². The molecule has 1 aromatic carbocycles. The van der Waals surface area contributed by atoms with Gasteiger partial charge in [-0.25, -0.2) is 0 Å². The van der Waals surface area contributed by atoms with Gasteiger partial charge in [-0.3, -0.25) is 0 Å². The summed E-state index contributed by atoms with van der Waals surface area (Å²) in [7, 11) is 1.73. The number of anilines is 1. The summed E-state index contributed by atoms with van der Waals surface area (Å²) in [4.78, 5) is 0. The van der Waals surface area contributed by atoms with E-state index in [2.05, 4.69) is 24.4 Å². The zero-order chi connectivity index (χ0) is 11.4. The smallest absolute Gasteiger partial charge is 0.141 e. The van der Waals surface area contributed by atoms with Gasteiger partial charge in [-0.2, -0.15) is 0 Å². The number of benzene rings is 1. The Morgan fingerprint density at radius 1 is 1.12 bits per heavy atom. The molecule has 0 bridgehead atoms. The molecule has 0 unspecified atom stereocenters. The van der Waals surface area contributed by atoms with Crippen molar-refractivity contribution in [3.05, 3.63) is 24.3 Å². The van der Waals surface area contributed by atoms with Crippen molar-refractivity contribution in [2.24, 2.45) is 5.92 Å². The molecule has 0 atom stereocenters. The van der Waals surface area contributed by atoms with Crippen LogP contribution in [0, 0.1) is 5.92 Å². The lowest BCUT2D eigenvalue weighted by Crippen LogP contribution is -2.25. The van der Waals surface area contributed by atoms with E-state index in [0.717, 1.165) is 17.4 Å². The van der Waals surface area contributed by atoms with E-state index in [0.29, 0.717) is 6.04 Å². The van der Waals surface area contributed by atoms with Crippen LogP contribution in [0.15, 0.2) is 24.3 Å². The van der Waals surface area contributed by atoms with Gasteiger partial charge in [0.05, 0.1) is 12.8 Å². The van der Waals surface area contributed by atoms with Crippen molar-refractivity contribution in [3.8, 4) is 5.75 Å². The summed E-state index contributed by atoms with van der Waals surface area (Å²) in [6.45, 7) is 2.35. The molecule has 0 heterocycles. The Morgan fingerprint density at radius 3 is 2.50 bits per heavy atom. The molecule has 16 heavy (non-hydrogen) atoms. The zero-order valence-electron chi connectivity index (χ0n) is 10.2. The van der Waals surface area contributed by atoms with Crippen LogP contribution in [0.5, 0.6) is 5.75 Å². The van der Waals surface area contributed by atoms with Crippen LogP contribution in [0.2, 0.25) is 0 Å². The van der Waals surface area contributed by atoms with E-state index in [1.807, 2.05) is 12.1 Å². The molecular formula is C14H21NO. The van der Waals surface area contributed by atoms with Gasteiger partial charge in [-0.1, -0.05) is 19.1 Å². The third-order valence-corrected chi connectivity index (χ3v) is 3.48. The first-order valence-corrected chi connectivity index (χ1v) is 6.19. The van der Waals surface area contributed by atoms with Gasteiger partial charge in [-0.05, 0) is 43.7 Å². The van der Waals surface area contributed by atoms with Crippen molar-refractivity contribution < 1.29 is 4.74 Å². The van der Waals surface area contributed by atoms with E-state index in [1.54, 1.807) is 7.11 Å². The Hall–Kier alpha value is -1.18. The number of rotatable bonds is 3. The van der Waals surface area contributed by atoms with Crippen molar-refractivity contribution in [2.75, 3.05) is 12.4 Å². The SMILES string of the molecule is COc1ccccc1NC1CCC(C)CC1. The fourth-order valence-electron chi connectivity index (χ4n) is 2.39. The van der Waals surface area contributed by atoms with Crippen LogP contribution in [-0.2, 0) is 0 Å². The van der Waals surface area contributed by atoms with Gasteiger partial charge in [0.15, 0.2) is 0 Å². The number of hydrogen-bond donors (Lipinski definition) is 1. The Bertz CT molecular complexity index is 329. The number of hydrogen-bond acceptors (Lipinski definition) is 2. The fourth-order valence-corrected chi connectivity index (χ4v) is 2.39. The number of methoxy groups -OCH3 is 1. The van der Waals surface area contributed by atoms with E-state index in [4.69, 9.17) is 4.74 Å². The molecule has 1 fully saturated rings. The van der Waals surface area contributed by atoms with E-state index >= 15 is 0 Å². The lowest BCUT2D eigenvalue weighted by molar-refractivity contribution is 0.359. The van der Waals surface area contributed by atoms with E-state index in [9.17, 15) is 0 Å². The van der Waals surface area contributed by atoms with Gasteiger partial charge in [0, 0.05) is 6.04 Å². The van der Waals surface area contributed by atoms with Crippen LogP contribution in [0.1, 0.15) is 32.6 Å². The number of nitrogens with one attached hydrogen (secondary N) is 1. The highest BCUT2D eigenvalue weighted by Crippen LogP contribution is 2.29. The summed E-state index contributed by atoms with van der Waals surface area (Å²) >= 11 is 0. The summed E-state index contributed by atoms with van der Waals surface area (Å²) in [6, 6.07) is 8.78. The predicted octanol–water partition coefficient (Wildman–Crippen LogP) is 3.69. The molecule has 1 aliphatic carbocycles. The molecule has 1 aliphatic rings. The van der Waals surface area contributed by atoms with Crippen LogP contribution < -0.4 is 10.1 Å². The molecule has 2 nitrogen and oxygen atoms in total. The van der Waals surface area contributed by atoms with Crippen LogP contribution >= 0.6 is 0 Å². The average molecular weight is 219 g/mol. The molecule has 0 aliphatic heterocycles. The molecule has 1 N–H and O–H groups in total. The summed E-state index contributed by atoms with van der Waals surface area (Å²) in [5.41, 5.74) is 1.13. The first-order chi connectivity index (χ1) is 7.79. The highest BCUT2D eigenvalue weighted by Gasteiger charge is 2.18. The quantitative estimate of drug-likeness (QED) is 0.837.